The van der Waals surface area contributed by atoms with E-state index in [1.807, 2.05) is 0 Å². The van der Waals surface area contributed by atoms with Crippen LogP contribution in [0.1, 0.15) is 6.92 Å². The van der Waals surface area contributed by atoms with E-state index < -0.39 is 17.8 Å². The van der Waals surface area contributed by atoms with E-state index in [0.29, 0.717) is 33.1 Å². The van der Waals surface area contributed by atoms with Gasteiger partial charge in [0.05, 0.1) is 5.69 Å². The van der Waals surface area contributed by atoms with Gasteiger partial charge in [0.1, 0.15) is 5.75 Å². The molecule has 3 nitrogen and oxygen atoms in total. The maximum Gasteiger partial charge on any atom is 0.288 e. The summed E-state index contributed by atoms with van der Waals surface area (Å²) in [7, 11) is 0. The molecule has 0 aliphatic rings. The van der Waals surface area contributed by atoms with Crippen molar-refractivity contribution in [2.45, 2.75) is 23.7 Å². The summed E-state index contributed by atoms with van der Waals surface area (Å²) in [4.78, 5) is 12.5. The van der Waals surface area contributed by atoms with Crippen molar-refractivity contribution in [3.63, 3.8) is 0 Å². The van der Waals surface area contributed by atoms with E-state index in [1.54, 1.807) is 49.4 Å². The monoisotopic (exact) mass is 357 g/mol. The summed E-state index contributed by atoms with van der Waals surface area (Å²) >= 11 is 6.23. The molecule has 0 aliphatic heterocycles. The van der Waals surface area contributed by atoms with E-state index in [1.165, 1.54) is 6.07 Å². The Kier molecular flexibility index (Phi) is 6.24. The van der Waals surface area contributed by atoms with Gasteiger partial charge < -0.3 is 10.1 Å². The van der Waals surface area contributed by atoms with Gasteiger partial charge in [0.25, 0.3) is 11.7 Å². The fourth-order valence-corrected chi connectivity index (χ4v) is 2.58. The smallest absolute Gasteiger partial charge is 0.288 e. The zero-order chi connectivity index (χ0) is 16.8. The number of hydrogen-bond donors (Lipinski definition) is 1. The molecule has 0 radical (unpaired) electrons. The summed E-state index contributed by atoms with van der Waals surface area (Å²) in [6.07, 6.45) is -0.807. The Morgan fingerprint density at radius 2 is 1.96 bits per heavy atom. The van der Waals surface area contributed by atoms with Crippen LogP contribution in [0, 0.1) is 0 Å². The van der Waals surface area contributed by atoms with Gasteiger partial charge in [0.15, 0.2) is 6.10 Å². The summed E-state index contributed by atoms with van der Waals surface area (Å²) in [6.45, 7) is 1.57. The number of anilines is 1. The second kappa shape index (κ2) is 8.17. The second-order valence-corrected chi connectivity index (χ2v) is 6.05. The van der Waals surface area contributed by atoms with Crippen molar-refractivity contribution < 1.29 is 18.3 Å². The summed E-state index contributed by atoms with van der Waals surface area (Å²) in [6, 6.07) is 13.0. The number of thioether (sulfide) groups is 1. The Hall–Kier alpha value is -1.79. The van der Waals surface area contributed by atoms with Crippen molar-refractivity contribution in [1.82, 2.24) is 0 Å². The SMILES string of the molecule is C[C@@H](Oc1cccc(Cl)c1)C(=O)Nc1ccccc1SC(F)F. The van der Waals surface area contributed by atoms with Crippen LogP contribution in [-0.4, -0.2) is 17.8 Å². The normalized spacial score (nSPS) is 12.0. The number of para-hydroxylation sites is 1. The molecule has 0 spiro atoms. The summed E-state index contributed by atoms with van der Waals surface area (Å²) < 4.78 is 30.6. The third-order valence-electron chi connectivity index (χ3n) is 2.84. The van der Waals surface area contributed by atoms with Gasteiger partial charge in [0, 0.05) is 9.92 Å². The van der Waals surface area contributed by atoms with Crippen molar-refractivity contribution in [3.8, 4) is 5.75 Å². The molecule has 0 fully saturated rings. The first-order chi connectivity index (χ1) is 11.0. The molecule has 0 unspecified atom stereocenters. The van der Waals surface area contributed by atoms with Gasteiger partial charge in [-0.05, 0) is 37.3 Å². The lowest BCUT2D eigenvalue weighted by Crippen LogP contribution is -2.30. The van der Waals surface area contributed by atoms with Gasteiger partial charge >= 0.3 is 0 Å². The second-order valence-electron chi connectivity index (χ2n) is 4.58. The number of amides is 1. The highest BCUT2D eigenvalue weighted by atomic mass is 35.5. The number of nitrogens with one attached hydrogen (secondary N) is 1. The molecule has 1 N–H and O–H groups in total. The zero-order valence-electron chi connectivity index (χ0n) is 12.1. The van der Waals surface area contributed by atoms with Crippen LogP contribution in [0.3, 0.4) is 0 Å². The first kappa shape index (κ1) is 17.6. The molecule has 2 rings (SSSR count). The summed E-state index contributed by atoms with van der Waals surface area (Å²) in [5.74, 6) is -2.55. The lowest BCUT2D eigenvalue weighted by atomic mass is 10.3. The van der Waals surface area contributed by atoms with Crippen molar-refractivity contribution in [2.75, 3.05) is 5.32 Å². The number of halogens is 3. The van der Waals surface area contributed by atoms with E-state index >= 15 is 0 Å². The molecule has 1 amide bonds. The maximum atomic E-state index is 12.5. The lowest BCUT2D eigenvalue weighted by molar-refractivity contribution is -0.122. The third-order valence-corrected chi connectivity index (χ3v) is 3.86. The van der Waals surface area contributed by atoms with Crippen LogP contribution in [0.4, 0.5) is 14.5 Å². The Morgan fingerprint density at radius 3 is 2.65 bits per heavy atom. The van der Waals surface area contributed by atoms with Crippen molar-refractivity contribution in [2.24, 2.45) is 0 Å². The molecule has 0 heterocycles. The van der Waals surface area contributed by atoms with Crippen LogP contribution in [-0.2, 0) is 4.79 Å². The first-order valence-electron chi connectivity index (χ1n) is 6.72. The Morgan fingerprint density at radius 1 is 1.22 bits per heavy atom. The number of carbonyl (C=O) groups excluding carboxylic acids is 1. The van der Waals surface area contributed by atoms with Gasteiger partial charge in [-0.2, -0.15) is 8.78 Å². The van der Waals surface area contributed by atoms with Gasteiger partial charge in [-0.1, -0.05) is 41.6 Å². The highest BCUT2D eigenvalue weighted by molar-refractivity contribution is 7.99. The minimum Gasteiger partial charge on any atom is -0.481 e. The zero-order valence-corrected chi connectivity index (χ0v) is 13.7. The summed E-state index contributed by atoms with van der Waals surface area (Å²) in [5.41, 5.74) is 0.323. The standard InChI is InChI=1S/C16H14ClF2NO2S/c1-10(22-12-6-4-5-11(17)9-12)15(21)20-13-7-2-3-8-14(13)23-16(18)19/h2-10,16H,1H3,(H,20,21)/t10-/m1/s1. The van der Waals surface area contributed by atoms with E-state index in [9.17, 15) is 13.6 Å². The highest BCUT2D eigenvalue weighted by Gasteiger charge is 2.17. The molecule has 122 valence electrons. The van der Waals surface area contributed by atoms with Crippen LogP contribution in [0.15, 0.2) is 53.4 Å². The molecular weight excluding hydrogens is 344 g/mol. The van der Waals surface area contributed by atoms with Crippen molar-refractivity contribution in [3.05, 3.63) is 53.6 Å². The average molecular weight is 358 g/mol. The largest absolute Gasteiger partial charge is 0.481 e. The van der Waals surface area contributed by atoms with Crippen LogP contribution in [0.25, 0.3) is 0 Å². The van der Waals surface area contributed by atoms with Gasteiger partial charge in [-0.3, -0.25) is 4.79 Å². The van der Waals surface area contributed by atoms with Crippen LogP contribution in [0.5, 0.6) is 5.75 Å². The van der Waals surface area contributed by atoms with Gasteiger partial charge in [-0.15, -0.1) is 0 Å². The molecular formula is C16H14ClF2NO2S. The topological polar surface area (TPSA) is 38.3 Å². The van der Waals surface area contributed by atoms with E-state index in [0.717, 1.165) is 0 Å². The Labute approximate surface area is 142 Å². The molecule has 0 bridgehead atoms. The summed E-state index contributed by atoms with van der Waals surface area (Å²) in [5, 5.41) is 3.09. The Bertz CT molecular complexity index is 685. The highest BCUT2D eigenvalue weighted by Crippen LogP contribution is 2.31. The molecule has 7 heteroatoms. The minimum atomic E-state index is -2.56. The molecule has 0 aromatic heterocycles. The lowest BCUT2D eigenvalue weighted by Gasteiger charge is -2.16. The van der Waals surface area contributed by atoms with E-state index in [2.05, 4.69) is 5.32 Å². The fourth-order valence-electron chi connectivity index (χ4n) is 1.80. The molecule has 2 aromatic rings. The average Bonchev–Trinajstić information content (AvgIpc) is 2.48. The first-order valence-corrected chi connectivity index (χ1v) is 7.98. The van der Waals surface area contributed by atoms with Gasteiger partial charge in [0.2, 0.25) is 0 Å². The number of rotatable bonds is 6. The quantitative estimate of drug-likeness (QED) is 0.734. The molecule has 0 saturated carbocycles. The van der Waals surface area contributed by atoms with Crippen molar-refractivity contribution in [1.29, 1.82) is 0 Å². The predicted molar refractivity (Wildman–Crippen MR) is 88.5 cm³/mol. The van der Waals surface area contributed by atoms with Crippen LogP contribution >= 0.6 is 23.4 Å². The van der Waals surface area contributed by atoms with E-state index in [-0.39, 0.29) is 0 Å². The molecule has 1 atom stereocenters. The number of hydrogen-bond acceptors (Lipinski definition) is 3. The van der Waals surface area contributed by atoms with E-state index in [4.69, 9.17) is 16.3 Å². The molecule has 2 aromatic carbocycles. The molecule has 0 saturated heterocycles. The van der Waals surface area contributed by atoms with Gasteiger partial charge in [-0.25, -0.2) is 0 Å². The maximum absolute atomic E-state index is 12.5. The fraction of sp³-hybridized carbons (Fsp3) is 0.188. The number of carbonyl (C=O) groups is 1. The van der Waals surface area contributed by atoms with Crippen LogP contribution < -0.4 is 10.1 Å². The Balaban J connectivity index is 2.04. The minimum absolute atomic E-state index is 0.297. The number of ether oxygens (including phenoxy) is 1. The number of alkyl halides is 2. The molecule has 0 aliphatic carbocycles. The number of benzene rings is 2. The van der Waals surface area contributed by atoms with Crippen LogP contribution in [0.2, 0.25) is 5.02 Å². The molecule has 23 heavy (non-hydrogen) atoms. The van der Waals surface area contributed by atoms with Crippen molar-refractivity contribution >= 4 is 35.0 Å². The third kappa shape index (κ3) is 5.41. The predicted octanol–water partition coefficient (Wildman–Crippen LogP) is 5.06.